The molecule has 4 heteroatoms. The van der Waals surface area contributed by atoms with Gasteiger partial charge in [-0.1, -0.05) is 115 Å². The lowest BCUT2D eigenvalue weighted by atomic mass is 9.99. The third-order valence-corrected chi connectivity index (χ3v) is 9.43. The number of furan rings is 1. The molecule has 10 rings (SSSR count). The van der Waals surface area contributed by atoms with Crippen LogP contribution in [0.1, 0.15) is 12.8 Å². The Hall–Kier alpha value is -6.00. The van der Waals surface area contributed by atoms with Crippen LogP contribution in [0.25, 0.3) is 95.0 Å². The van der Waals surface area contributed by atoms with Gasteiger partial charge in [-0.3, -0.25) is 4.57 Å². The van der Waals surface area contributed by atoms with Gasteiger partial charge in [-0.25, -0.2) is 9.97 Å². The fraction of sp³-hybridized carbons (Fsp3) is 0.0476. The van der Waals surface area contributed by atoms with E-state index >= 15 is 0 Å². The maximum atomic E-state index is 6.46. The smallest absolute Gasteiger partial charge is 0.235 e. The second-order valence-electron chi connectivity index (χ2n) is 12.1. The first-order valence-corrected chi connectivity index (χ1v) is 15.8. The number of benzene rings is 6. The summed E-state index contributed by atoms with van der Waals surface area (Å²) in [6.45, 7) is 0. The molecule has 0 unspecified atom stereocenters. The van der Waals surface area contributed by atoms with Crippen molar-refractivity contribution in [3.05, 3.63) is 138 Å². The molecule has 0 aliphatic heterocycles. The summed E-state index contributed by atoms with van der Waals surface area (Å²) in [6.07, 6.45) is 6.51. The van der Waals surface area contributed by atoms with E-state index in [1.807, 2.05) is 12.1 Å². The number of fused-ring (bicyclic) bond motifs is 9. The summed E-state index contributed by atoms with van der Waals surface area (Å²) in [7, 11) is 0. The highest BCUT2D eigenvalue weighted by Crippen LogP contribution is 2.41. The van der Waals surface area contributed by atoms with Crippen LogP contribution < -0.4 is 10.6 Å². The fourth-order valence-electron chi connectivity index (χ4n) is 7.34. The Bertz CT molecular complexity index is 2810. The first-order valence-electron chi connectivity index (χ1n) is 15.8. The van der Waals surface area contributed by atoms with E-state index < -0.39 is 0 Å². The van der Waals surface area contributed by atoms with Gasteiger partial charge in [0, 0.05) is 37.9 Å². The molecule has 3 aromatic heterocycles. The average molecular weight is 590 g/mol. The number of para-hydroxylation sites is 2. The SMILES string of the molecule is C1=c2nc(-n3c4ccc(-c5cccc6c5oc5ccccc56)cc4c4c5ccccc5ccc43)nc(-c3ccccc3)c2=CCC1. The van der Waals surface area contributed by atoms with E-state index in [9.17, 15) is 0 Å². The second kappa shape index (κ2) is 9.75. The van der Waals surface area contributed by atoms with Gasteiger partial charge in [0.2, 0.25) is 5.95 Å². The van der Waals surface area contributed by atoms with Gasteiger partial charge in [-0.15, -0.1) is 0 Å². The zero-order valence-electron chi connectivity index (χ0n) is 24.9. The van der Waals surface area contributed by atoms with Crippen molar-refractivity contribution in [3.8, 4) is 28.3 Å². The molecule has 216 valence electrons. The molecule has 0 radical (unpaired) electrons. The van der Waals surface area contributed by atoms with E-state index in [1.165, 1.54) is 16.2 Å². The van der Waals surface area contributed by atoms with Gasteiger partial charge >= 0.3 is 0 Å². The molecule has 46 heavy (non-hydrogen) atoms. The molecule has 0 atom stereocenters. The fourth-order valence-corrected chi connectivity index (χ4v) is 7.34. The summed E-state index contributed by atoms with van der Waals surface area (Å²) in [5.41, 5.74) is 8.25. The summed E-state index contributed by atoms with van der Waals surface area (Å²) >= 11 is 0. The van der Waals surface area contributed by atoms with Gasteiger partial charge in [0.15, 0.2) is 0 Å². The van der Waals surface area contributed by atoms with Crippen molar-refractivity contribution in [1.82, 2.24) is 14.5 Å². The number of hydrogen-bond acceptors (Lipinski definition) is 3. The van der Waals surface area contributed by atoms with E-state index in [4.69, 9.17) is 14.4 Å². The molecule has 3 heterocycles. The van der Waals surface area contributed by atoms with Crippen LogP contribution >= 0.6 is 0 Å². The number of nitrogens with zero attached hydrogens (tertiary/aromatic N) is 3. The predicted molar refractivity (Wildman–Crippen MR) is 189 cm³/mol. The minimum absolute atomic E-state index is 0.687. The summed E-state index contributed by atoms with van der Waals surface area (Å²) < 4.78 is 8.71. The van der Waals surface area contributed by atoms with Gasteiger partial charge in [0.05, 0.1) is 22.1 Å². The third-order valence-electron chi connectivity index (χ3n) is 9.43. The first kappa shape index (κ1) is 25.3. The molecule has 0 saturated heterocycles. The molecule has 6 aromatic carbocycles. The summed E-state index contributed by atoms with van der Waals surface area (Å²) in [4.78, 5) is 10.5. The van der Waals surface area contributed by atoms with Crippen molar-refractivity contribution in [2.75, 3.05) is 0 Å². The first-order chi connectivity index (χ1) is 22.8. The van der Waals surface area contributed by atoms with Crippen LogP contribution in [0.5, 0.6) is 0 Å². The second-order valence-corrected chi connectivity index (χ2v) is 12.1. The Labute approximate surface area is 264 Å². The highest BCUT2D eigenvalue weighted by molar-refractivity contribution is 6.22. The molecule has 1 aliphatic rings. The number of aromatic nitrogens is 3. The third kappa shape index (κ3) is 3.67. The topological polar surface area (TPSA) is 43.9 Å². The van der Waals surface area contributed by atoms with E-state index in [0.29, 0.717) is 5.95 Å². The van der Waals surface area contributed by atoms with Crippen LogP contribution in [0.15, 0.2) is 132 Å². The van der Waals surface area contributed by atoms with E-state index in [-0.39, 0.29) is 0 Å². The summed E-state index contributed by atoms with van der Waals surface area (Å²) in [5.74, 6) is 0.687. The Balaban J connectivity index is 1.30. The maximum absolute atomic E-state index is 6.46. The largest absolute Gasteiger partial charge is 0.455 e. The van der Waals surface area contributed by atoms with Crippen LogP contribution in [-0.2, 0) is 0 Å². The van der Waals surface area contributed by atoms with Gasteiger partial charge in [-0.2, -0.15) is 0 Å². The highest BCUT2D eigenvalue weighted by Gasteiger charge is 2.20. The predicted octanol–water partition coefficient (Wildman–Crippen LogP) is 9.32. The molecular weight excluding hydrogens is 562 g/mol. The lowest BCUT2D eigenvalue weighted by Gasteiger charge is -2.12. The van der Waals surface area contributed by atoms with Crippen LogP contribution in [0, 0.1) is 0 Å². The van der Waals surface area contributed by atoms with E-state index in [2.05, 4.69) is 132 Å². The minimum atomic E-state index is 0.687. The number of hydrogen-bond donors (Lipinski definition) is 0. The van der Waals surface area contributed by atoms with Gasteiger partial charge in [-0.05, 0) is 53.4 Å². The van der Waals surface area contributed by atoms with Crippen LogP contribution in [0.3, 0.4) is 0 Å². The molecule has 4 nitrogen and oxygen atoms in total. The summed E-state index contributed by atoms with van der Waals surface area (Å²) in [5, 5.41) is 9.16. The number of rotatable bonds is 3. The van der Waals surface area contributed by atoms with Crippen molar-refractivity contribution in [1.29, 1.82) is 0 Å². The molecule has 0 fully saturated rings. The lowest BCUT2D eigenvalue weighted by molar-refractivity contribution is 0.670. The molecule has 0 bridgehead atoms. The molecular formula is C42H27N3O. The normalized spacial score (nSPS) is 13.0. The monoisotopic (exact) mass is 589 g/mol. The standard InChI is InChI=1S/C42H27N3O/c1-2-12-27(13-3-1)40-33-16-6-8-19-35(33)43-42(44-40)45-36-23-22-28(25-34(36)39-29-14-5-4-11-26(29)21-24-37(39)45)30-17-10-18-32-31-15-7-9-20-38(31)46-41(30)32/h1-5,7,9-25H,6,8H2. The summed E-state index contributed by atoms with van der Waals surface area (Å²) in [6, 6.07) is 45.0. The Kier molecular flexibility index (Phi) is 5.37. The van der Waals surface area contributed by atoms with E-state index in [1.54, 1.807) is 0 Å². The lowest BCUT2D eigenvalue weighted by Crippen LogP contribution is -2.34. The Morgan fingerprint density at radius 1 is 0.565 bits per heavy atom. The van der Waals surface area contributed by atoms with Gasteiger partial charge in [0.1, 0.15) is 11.2 Å². The van der Waals surface area contributed by atoms with Crippen LogP contribution in [0.2, 0.25) is 0 Å². The quantitative estimate of drug-likeness (QED) is 0.206. The van der Waals surface area contributed by atoms with Crippen molar-refractivity contribution < 1.29 is 4.42 Å². The van der Waals surface area contributed by atoms with Crippen molar-refractivity contribution in [3.63, 3.8) is 0 Å². The Morgan fingerprint density at radius 2 is 1.35 bits per heavy atom. The van der Waals surface area contributed by atoms with Gasteiger partial charge < -0.3 is 4.42 Å². The molecule has 0 N–H and O–H groups in total. The van der Waals surface area contributed by atoms with Crippen molar-refractivity contribution in [2.45, 2.75) is 12.8 Å². The molecule has 9 aromatic rings. The highest BCUT2D eigenvalue weighted by atomic mass is 16.3. The zero-order valence-corrected chi connectivity index (χ0v) is 24.9. The molecule has 0 spiro atoms. The molecule has 1 aliphatic carbocycles. The average Bonchev–Trinajstić information content (AvgIpc) is 3.67. The van der Waals surface area contributed by atoms with Crippen LogP contribution in [-0.4, -0.2) is 14.5 Å². The van der Waals surface area contributed by atoms with Crippen LogP contribution in [0.4, 0.5) is 0 Å². The van der Waals surface area contributed by atoms with E-state index in [0.717, 1.165) is 84.2 Å². The van der Waals surface area contributed by atoms with Crippen molar-refractivity contribution >= 4 is 66.7 Å². The van der Waals surface area contributed by atoms with Gasteiger partial charge in [0.25, 0.3) is 0 Å². The maximum Gasteiger partial charge on any atom is 0.235 e. The Morgan fingerprint density at radius 3 is 2.28 bits per heavy atom. The van der Waals surface area contributed by atoms with Crippen molar-refractivity contribution in [2.24, 2.45) is 0 Å². The molecule has 0 saturated carbocycles. The minimum Gasteiger partial charge on any atom is -0.455 e. The zero-order chi connectivity index (χ0) is 30.2. The molecule has 0 amide bonds.